The fourth-order valence-electron chi connectivity index (χ4n) is 7.67. The Morgan fingerprint density at radius 2 is 0.935 bits per heavy atom. The summed E-state index contributed by atoms with van der Waals surface area (Å²) in [5.74, 6) is 0. The average Bonchev–Trinajstić information content (AvgIpc) is 3.67. The first-order valence-corrected chi connectivity index (χ1v) is 15.9. The van der Waals surface area contributed by atoms with Crippen molar-refractivity contribution >= 4 is 65.2 Å². The molecule has 10 aromatic rings. The van der Waals surface area contributed by atoms with Crippen LogP contribution in [-0.2, 0) is 0 Å². The van der Waals surface area contributed by atoms with E-state index in [1.807, 2.05) is 0 Å². The van der Waals surface area contributed by atoms with Crippen molar-refractivity contribution in [1.29, 1.82) is 0 Å². The lowest BCUT2D eigenvalue weighted by atomic mass is 9.90. The van der Waals surface area contributed by atoms with Gasteiger partial charge >= 0.3 is 0 Å². The van der Waals surface area contributed by atoms with Crippen LogP contribution in [0.5, 0.6) is 0 Å². The van der Waals surface area contributed by atoms with Crippen LogP contribution in [-0.4, -0.2) is 9.55 Å². The third kappa shape index (κ3) is 3.59. The van der Waals surface area contributed by atoms with Gasteiger partial charge in [0.05, 0.1) is 16.6 Å². The summed E-state index contributed by atoms with van der Waals surface area (Å²) >= 11 is 0. The van der Waals surface area contributed by atoms with Gasteiger partial charge in [0, 0.05) is 38.1 Å². The molecule has 0 aliphatic carbocycles. The van der Waals surface area contributed by atoms with Crippen LogP contribution in [0, 0.1) is 0 Å². The van der Waals surface area contributed by atoms with Crippen LogP contribution in [0.1, 0.15) is 0 Å². The van der Waals surface area contributed by atoms with E-state index < -0.39 is 0 Å². The lowest BCUT2D eigenvalue weighted by molar-refractivity contribution is 1.18. The van der Waals surface area contributed by atoms with Crippen molar-refractivity contribution in [3.05, 3.63) is 164 Å². The van der Waals surface area contributed by atoms with Crippen molar-refractivity contribution in [1.82, 2.24) is 9.55 Å². The van der Waals surface area contributed by atoms with Gasteiger partial charge in [-0.1, -0.05) is 127 Å². The molecular weight excluding hydrogens is 556 g/mol. The fraction of sp³-hybridized carbons (Fsp3) is 0. The third-order valence-corrected chi connectivity index (χ3v) is 9.72. The monoisotopic (exact) mass is 584 g/mol. The first kappa shape index (κ1) is 25.2. The number of H-pyrrole nitrogens is 1. The second kappa shape index (κ2) is 9.69. The second-order valence-electron chi connectivity index (χ2n) is 12.2. The number of fused-ring (bicyclic) bond motifs is 10. The number of aromatic amines is 1. The molecule has 1 N–H and O–H groups in total. The average molecular weight is 585 g/mol. The molecule has 0 radical (unpaired) electrons. The summed E-state index contributed by atoms with van der Waals surface area (Å²) in [5, 5.41) is 10.1. The third-order valence-electron chi connectivity index (χ3n) is 9.72. The van der Waals surface area contributed by atoms with Gasteiger partial charge in [0.15, 0.2) is 0 Å². The lowest BCUT2D eigenvalue weighted by Gasteiger charge is -2.15. The van der Waals surface area contributed by atoms with Gasteiger partial charge < -0.3 is 9.55 Å². The topological polar surface area (TPSA) is 20.7 Å². The number of hydrogen-bond acceptors (Lipinski definition) is 0. The van der Waals surface area contributed by atoms with Gasteiger partial charge in [0.1, 0.15) is 0 Å². The van der Waals surface area contributed by atoms with E-state index in [-0.39, 0.29) is 0 Å². The molecule has 0 aliphatic heterocycles. The maximum Gasteiger partial charge on any atom is 0.0553 e. The van der Waals surface area contributed by atoms with E-state index in [1.165, 1.54) is 87.4 Å². The van der Waals surface area contributed by atoms with E-state index in [9.17, 15) is 0 Å². The normalized spacial score (nSPS) is 11.9. The highest BCUT2D eigenvalue weighted by Gasteiger charge is 2.20. The summed E-state index contributed by atoms with van der Waals surface area (Å²) in [6, 6.07) is 59.7. The molecule has 0 fully saturated rings. The number of rotatable bonds is 3. The summed E-state index contributed by atoms with van der Waals surface area (Å²) in [4.78, 5) is 3.73. The fourth-order valence-corrected chi connectivity index (χ4v) is 7.67. The smallest absolute Gasteiger partial charge is 0.0553 e. The van der Waals surface area contributed by atoms with Crippen LogP contribution in [0.15, 0.2) is 164 Å². The minimum Gasteiger partial charge on any atom is -0.354 e. The summed E-state index contributed by atoms with van der Waals surface area (Å²) in [6.07, 6.45) is 0. The molecular formula is C44H28N2. The van der Waals surface area contributed by atoms with Gasteiger partial charge in [-0.25, -0.2) is 0 Å². The predicted octanol–water partition coefficient (Wildman–Crippen LogP) is 12.1. The highest BCUT2D eigenvalue weighted by molar-refractivity contribution is 6.27. The Bertz CT molecular complexity index is 2780. The minimum absolute atomic E-state index is 1.16. The zero-order valence-electron chi connectivity index (χ0n) is 25.0. The molecule has 2 heterocycles. The Morgan fingerprint density at radius 1 is 0.370 bits per heavy atom. The Morgan fingerprint density at radius 3 is 1.72 bits per heavy atom. The van der Waals surface area contributed by atoms with Gasteiger partial charge in [-0.05, 0) is 74.8 Å². The molecule has 0 bridgehead atoms. The highest BCUT2D eigenvalue weighted by Crippen LogP contribution is 2.45. The van der Waals surface area contributed by atoms with Crippen LogP contribution in [0.3, 0.4) is 0 Å². The van der Waals surface area contributed by atoms with Gasteiger partial charge in [0.25, 0.3) is 0 Å². The molecule has 46 heavy (non-hydrogen) atoms. The Labute approximate surface area is 265 Å². The zero-order valence-corrected chi connectivity index (χ0v) is 25.0. The van der Waals surface area contributed by atoms with E-state index in [2.05, 4.69) is 173 Å². The van der Waals surface area contributed by atoms with E-state index in [0.717, 1.165) is 5.69 Å². The number of para-hydroxylation sites is 2. The van der Waals surface area contributed by atoms with Crippen LogP contribution < -0.4 is 0 Å². The van der Waals surface area contributed by atoms with Gasteiger partial charge in [-0.2, -0.15) is 0 Å². The number of benzene rings is 8. The lowest BCUT2D eigenvalue weighted by Crippen LogP contribution is -1.95. The maximum absolute atomic E-state index is 3.73. The van der Waals surface area contributed by atoms with Gasteiger partial charge in [0.2, 0.25) is 0 Å². The first-order valence-electron chi connectivity index (χ1n) is 15.9. The summed E-state index contributed by atoms with van der Waals surface area (Å²) in [7, 11) is 0. The molecule has 2 heteroatoms. The standard InChI is InChI=1S/C44H28N2/c1-2-12-28(13-3-1)29-22-24-30(25-23-29)46-41-21-11-9-19-36(41)43-34-17-6-4-14-31(34)38(27-42(43)46)37-26-39-33-16-8-10-20-40(33)45-44(39)35-18-7-5-15-32(35)37/h1-27,45H. The summed E-state index contributed by atoms with van der Waals surface area (Å²) in [5.41, 5.74) is 10.9. The molecule has 0 atom stereocenters. The number of nitrogens with one attached hydrogen (secondary N) is 1. The van der Waals surface area contributed by atoms with Crippen molar-refractivity contribution in [2.75, 3.05) is 0 Å². The first-order chi connectivity index (χ1) is 22.8. The quantitative estimate of drug-likeness (QED) is 0.213. The van der Waals surface area contributed by atoms with Gasteiger partial charge in [-0.15, -0.1) is 0 Å². The van der Waals surface area contributed by atoms with Crippen molar-refractivity contribution in [2.45, 2.75) is 0 Å². The van der Waals surface area contributed by atoms with E-state index in [0.29, 0.717) is 0 Å². The summed E-state index contributed by atoms with van der Waals surface area (Å²) in [6.45, 7) is 0. The van der Waals surface area contributed by atoms with Crippen LogP contribution >= 0.6 is 0 Å². The van der Waals surface area contributed by atoms with Crippen LogP contribution in [0.4, 0.5) is 0 Å². The van der Waals surface area contributed by atoms with Crippen molar-refractivity contribution < 1.29 is 0 Å². The SMILES string of the molecule is c1ccc(-c2ccc(-n3c4ccccc4c4c5ccccc5c(-c5cc6c7ccccc7[nH]c6c6ccccc56)cc43)cc2)cc1. The molecule has 0 saturated carbocycles. The second-order valence-corrected chi connectivity index (χ2v) is 12.2. The Hall–Kier alpha value is -6.12. The largest absolute Gasteiger partial charge is 0.354 e. The van der Waals surface area contributed by atoms with Crippen LogP contribution in [0.2, 0.25) is 0 Å². The highest BCUT2D eigenvalue weighted by atomic mass is 15.0. The van der Waals surface area contributed by atoms with Crippen molar-refractivity contribution in [2.24, 2.45) is 0 Å². The number of aromatic nitrogens is 2. The molecule has 0 aliphatic rings. The van der Waals surface area contributed by atoms with Crippen molar-refractivity contribution in [3.63, 3.8) is 0 Å². The maximum atomic E-state index is 3.73. The molecule has 0 amide bonds. The zero-order chi connectivity index (χ0) is 30.2. The minimum atomic E-state index is 1.16. The molecule has 10 rings (SSSR count). The molecule has 0 spiro atoms. The van der Waals surface area contributed by atoms with E-state index >= 15 is 0 Å². The molecule has 8 aromatic carbocycles. The molecule has 214 valence electrons. The van der Waals surface area contributed by atoms with Crippen LogP contribution in [0.25, 0.3) is 93.1 Å². The molecule has 0 saturated heterocycles. The number of hydrogen-bond donors (Lipinski definition) is 1. The van der Waals surface area contributed by atoms with E-state index in [1.54, 1.807) is 0 Å². The molecule has 2 nitrogen and oxygen atoms in total. The Kier molecular flexibility index (Phi) is 5.31. The summed E-state index contributed by atoms with van der Waals surface area (Å²) < 4.78 is 2.45. The Balaban J connectivity index is 1.32. The van der Waals surface area contributed by atoms with Gasteiger partial charge in [-0.3, -0.25) is 0 Å². The number of nitrogens with zero attached hydrogens (tertiary/aromatic N) is 1. The van der Waals surface area contributed by atoms with Crippen molar-refractivity contribution in [3.8, 4) is 27.9 Å². The van der Waals surface area contributed by atoms with E-state index in [4.69, 9.17) is 0 Å². The molecule has 0 unspecified atom stereocenters. The molecule has 2 aromatic heterocycles. The predicted molar refractivity (Wildman–Crippen MR) is 196 cm³/mol.